The minimum absolute atomic E-state index is 0. The molecule has 2 rings (SSSR count). The van der Waals surface area contributed by atoms with Crippen LogP contribution in [0.3, 0.4) is 0 Å². The molecular weight excluding hydrogens is 413 g/mol. The Morgan fingerprint density at radius 1 is 1.36 bits per heavy atom. The summed E-state index contributed by atoms with van der Waals surface area (Å²) in [5.74, 6) is 1.60. The first kappa shape index (κ1) is 19.1. The second kappa shape index (κ2) is 9.94. The van der Waals surface area contributed by atoms with Gasteiger partial charge in [-0.15, -0.1) is 24.0 Å². The van der Waals surface area contributed by atoms with Crippen LogP contribution in [0.15, 0.2) is 35.3 Å². The lowest BCUT2D eigenvalue weighted by atomic mass is 10.2. The summed E-state index contributed by atoms with van der Waals surface area (Å²) >= 11 is 5.97. The summed E-state index contributed by atoms with van der Waals surface area (Å²) in [5.41, 5.74) is 1.02. The first-order valence-electron chi connectivity index (χ1n) is 7.25. The average Bonchev–Trinajstić information content (AvgIpc) is 2.98. The van der Waals surface area contributed by atoms with Crippen molar-refractivity contribution >= 4 is 41.5 Å². The highest BCUT2D eigenvalue weighted by Gasteiger charge is 2.11. The standard InChI is InChI=1S/C16H22ClN3O.HI/c1-3-18-16(20-14-6-4-5-7-14)19-11-12-8-9-13(17)10-15(12)21-2;/h4-5,8-10,14H,3,6-7,11H2,1-2H3,(H2,18,19,20);1H. The molecule has 1 aromatic carbocycles. The van der Waals surface area contributed by atoms with Crippen molar-refractivity contribution in [2.75, 3.05) is 13.7 Å². The molecule has 0 amide bonds. The van der Waals surface area contributed by atoms with Crippen molar-refractivity contribution in [3.05, 3.63) is 40.9 Å². The van der Waals surface area contributed by atoms with E-state index in [-0.39, 0.29) is 24.0 Å². The fraction of sp³-hybridized carbons (Fsp3) is 0.438. The van der Waals surface area contributed by atoms with Crippen molar-refractivity contribution in [3.8, 4) is 5.75 Å². The van der Waals surface area contributed by atoms with Gasteiger partial charge in [0.2, 0.25) is 0 Å². The maximum absolute atomic E-state index is 5.97. The van der Waals surface area contributed by atoms with Gasteiger partial charge in [0.05, 0.1) is 13.7 Å². The van der Waals surface area contributed by atoms with Crippen molar-refractivity contribution in [2.24, 2.45) is 4.99 Å². The number of nitrogens with one attached hydrogen (secondary N) is 2. The number of ether oxygens (including phenoxy) is 1. The van der Waals surface area contributed by atoms with Gasteiger partial charge in [-0.1, -0.05) is 29.8 Å². The van der Waals surface area contributed by atoms with Crippen LogP contribution in [0.2, 0.25) is 5.02 Å². The van der Waals surface area contributed by atoms with E-state index in [0.717, 1.165) is 36.7 Å². The molecule has 0 aliphatic heterocycles. The minimum atomic E-state index is 0. The Hall–Kier alpha value is -0.950. The van der Waals surface area contributed by atoms with E-state index in [9.17, 15) is 0 Å². The molecule has 0 bridgehead atoms. The first-order chi connectivity index (χ1) is 10.2. The smallest absolute Gasteiger partial charge is 0.191 e. The number of hydrogen-bond donors (Lipinski definition) is 2. The molecule has 0 heterocycles. The largest absolute Gasteiger partial charge is 0.496 e. The molecule has 0 aromatic heterocycles. The van der Waals surface area contributed by atoms with Crippen molar-refractivity contribution in [1.82, 2.24) is 10.6 Å². The SMILES string of the molecule is CCNC(=NCc1ccc(Cl)cc1OC)NC1CC=CC1.I. The first-order valence-corrected chi connectivity index (χ1v) is 7.63. The van der Waals surface area contributed by atoms with Crippen LogP contribution in [-0.2, 0) is 6.54 Å². The van der Waals surface area contributed by atoms with E-state index in [1.807, 2.05) is 18.2 Å². The van der Waals surface area contributed by atoms with Crippen LogP contribution < -0.4 is 15.4 Å². The molecule has 4 nitrogen and oxygen atoms in total. The van der Waals surface area contributed by atoms with Crippen LogP contribution in [0.1, 0.15) is 25.3 Å². The number of aliphatic imine (C=N–C) groups is 1. The van der Waals surface area contributed by atoms with Gasteiger partial charge in [-0.3, -0.25) is 0 Å². The van der Waals surface area contributed by atoms with Crippen LogP contribution in [0.4, 0.5) is 0 Å². The fourth-order valence-electron chi connectivity index (χ4n) is 2.26. The number of hydrogen-bond acceptors (Lipinski definition) is 2. The molecule has 6 heteroatoms. The summed E-state index contributed by atoms with van der Waals surface area (Å²) in [7, 11) is 1.65. The molecule has 0 spiro atoms. The fourth-order valence-corrected chi connectivity index (χ4v) is 2.42. The molecule has 1 aromatic rings. The molecule has 0 fully saturated rings. The summed E-state index contributed by atoms with van der Waals surface area (Å²) < 4.78 is 5.35. The molecule has 122 valence electrons. The van der Waals surface area contributed by atoms with E-state index < -0.39 is 0 Å². The van der Waals surface area contributed by atoms with Gasteiger partial charge in [-0.25, -0.2) is 4.99 Å². The molecule has 1 aliphatic carbocycles. The van der Waals surface area contributed by atoms with Gasteiger partial charge in [0.25, 0.3) is 0 Å². The minimum Gasteiger partial charge on any atom is -0.496 e. The predicted molar refractivity (Wildman–Crippen MR) is 104 cm³/mol. The van der Waals surface area contributed by atoms with Crippen LogP contribution >= 0.6 is 35.6 Å². The third kappa shape index (κ3) is 5.68. The summed E-state index contributed by atoms with van der Waals surface area (Å²) in [4.78, 5) is 4.63. The zero-order valence-electron chi connectivity index (χ0n) is 12.9. The maximum Gasteiger partial charge on any atom is 0.191 e. The van der Waals surface area contributed by atoms with Crippen molar-refractivity contribution < 1.29 is 4.74 Å². The van der Waals surface area contributed by atoms with Crippen LogP contribution in [0.5, 0.6) is 5.75 Å². The molecule has 0 saturated heterocycles. The topological polar surface area (TPSA) is 45.7 Å². The van der Waals surface area contributed by atoms with E-state index in [1.165, 1.54) is 0 Å². The number of nitrogens with zero attached hydrogens (tertiary/aromatic N) is 1. The molecule has 0 atom stereocenters. The maximum atomic E-state index is 5.97. The zero-order valence-corrected chi connectivity index (χ0v) is 16.0. The summed E-state index contributed by atoms with van der Waals surface area (Å²) in [6.45, 7) is 3.45. The Kier molecular flexibility index (Phi) is 8.63. The van der Waals surface area contributed by atoms with E-state index in [1.54, 1.807) is 7.11 Å². The van der Waals surface area contributed by atoms with Gasteiger partial charge in [-0.2, -0.15) is 0 Å². The quantitative estimate of drug-likeness (QED) is 0.320. The van der Waals surface area contributed by atoms with Gasteiger partial charge >= 0.3 is 0 Å². The van der Waals surface area contributed by atoms with Crippen LogP contribution in [0.25, 0.3) is 0 Å². The lowest BCUT2D eigenvalue weighted by molar-refractivity contribution is 0.410. The Bertz CT molecular complexity index is 526. The third-order valence-electron chi connectivity index (χ3n) is 3.35. The van der Waals surface area contributed by atoms with Gasteiger partial charge in [-0.05, 0) is 31.9 Å². The second-order valence-electron chi connectivity index (χ2n) is 4.94. The summed E-state index contributed by atoms with van der Waals surface area (Å²) in [6.07, 6.45) is 6.50. The van der Waals surface area contributed by atoms with E-state index in [4.69, 9.17) is 16.3 Å². The Morgan fingerprint density at radius 2 is 2.09 bits per heavy atom. The lowest BCUT2D eigenvalue weighted by Gasteiger charge is -2.17. The highest BCUT2D eigenvalue weighted by Crippen LogP contribution is 2.23. The average molecular weight is 436 g/mol. The molecule has 0 saturated carbocycles. The van der Waals surface area contributed by atoms with Crippen LogP contribution in [-0.4, -0.2) is 25.7 Å². The molecule has 0 unspecified atom stereocenters. The predicted octanol–water partition coefficient (Wildman–Crippen LogP) is 3.74. The molecule has 0 radical (unpaired) electrons. The molecule has 2 N–H and O–H groups in total. The van der Waals surface area contributed by atoms with Crippen molar-refractivity contribution in [2.45, 2.75) is 32.4 Å². The summed E-state index contributed by atoms with van der Waals surface area (Å²) in [5, 5.41) is 7.39. The van der Waals surface area contributed by atoms with Crippen LogP contribution in [0, 0.1) is 0 Å². The van der Waals surface area contributed by atoms with E-state index >= 15 is 0 Å². The number of methoxy groups -OCH3 is 1. The molecule has 1 aliphatic rings. The second-order valence-corrected chi connectivity index (χ2v) is 5.37. The number of halogens is 2. The normalized spacial score (nSPS) is 14.6. The number of rotatable bonds is 5. The zero-order chi connectivity index (χ0) is 15.1. The van der Waals surface area contributed by atoms with Gasteiger partial charge in [0.15, 0.2) is 5.96 Å². The molecule has 22 heavy (non-hydrogen) atoms. The van der Waals surface area contributed by atoms with Gasteiger partial charge in [0, 0.05) is 23.2 Å². The number of benzene rings is 1. The highest BCUT2D eigenvalue weighted by molar-refractivity contribution is 14.0. The Morgan fingerprint density at radius 3 is 2.73 bits per heavy atom. The Balaban J connectivity index is 0.00000242. The third-order valence-corrected chi connectivity index (χ3v) is 3.58. The lowest BCUT2D eigenvalue weighted by Crippen LogP contribution is -2.42. The van der Waals surface area contributed by atoms with Crippen molar-refractivity contribution in [3.63, 3.8) is 0 Å². The van der Waals surface area contributed by atoms with Crippen molar-refractivity contribution in [1.29, 1.82) is 0 Å². The van der Waals surface area contributed by atoms with E-state index in [2.05, 4.69) is 34.7 Å². The number of guanidine groups is 1. The van der Waals surface area contributed by atoms with Gasteiger partial charge in [0.1, 0.15) is 5.75 Å². The van der Waals surface area contributed by atoms with Gasteiger partial charge < -0.3 is 15.4 Å². The monoisotopic (exact) mass is 435 g/mol. The molecular formula is C16H23ClIN3O. The van der Waals surface area contributed by atoms with E-state index in [0.29, 0.717) is 17.6 Å². The summed E-state index contributed by atoms with van der Waals surface area (Å²) in [6, 6.07) is 6.06. The Labute approximate surface area is 154 Å². The highest BCUT2D eigenvalue weighted by atomic mass is 127.